The van der Waals surface area contributed by atoms with E-state index in [0.29, 0.717) is 22.1 Å². The molecule has 6 N–H and O–H groups in total. The Hall–Kier alpha value is -3.15. The zero-order valence-corrected chi connectivity index (χ0v) is 10.8. The Labute approximate surface area is 119 Å². The number of rotatable bonds is 2. The van der Waals surface area contributed by atoms with Gasteiger partial charge < -0.3 is 26.1 Å². The Balaban J connectivity index is 2.19. The fourth-order valence-corrected chi connectivity index (χ4v) is 2.24. The molecule has 0 bridgehead atoms. The van der Waals surface area contributed by atoms with Gasteiger partial charge in [0.1, 0.15) is 17.1 Å². The van der Waals surface area contributed by atoms with E-state index in [0.717, 1.165) is 0 Å². The lowest BCUT2D eigenvalue weighted by molar-refractivity contribution is 0.0977. The summed E-state index contributed by atoms with van der Waals surface area (Å²) in [6, 6.07) is 9.33. The van der Waals surface area contributed by atoms with Crippen LogP contribution >= 0.6 is 0 Å². The van der Waals surface area contributed by atoms with E-state index in [4.69, 9.17) is 15.9 Å². The molecule has 0 saturated heterocycles. The fraction of sp³-hybridized carbons (Fsp3) is 0. The average molecular weight is 284 g/mol. The Bertz CT molecular complexity index is 847. The lowest BCUT2D eigenvalue weighted by Crippen LogP contribution is -2.11. The molecule has 21 heavy (non-hydrogen) atoms. The summed E-state index contributed by atoms with van der Waals surface area (Å²) in [7, 11) is 0. The molecule has 0 saturated carbocycles. The van der Waals surface area contributed by atoms with E-state index in [1.54, 1.807) is 18.2 Å². The van der Waals surface area contributed by atoms with Crippen molar-refractivity contribution in [1.29, 1.82) is 0 Å². The predicted molar refractivity (Wildman–Crippen MR) is 77.9 cm³/mol. The molecule has 6 heteroatoms. The van der Waals surface area contributed by atoms with Gasteiger partial charge in [-0.3, -0.25) is 4.79 Å². The van der Waals surface area contributed by atoms with Gasteiger partial charge in [-0.05, 0) is 35.4 Å². The molecule has 1 aromatic heterocycles. The molecule has 6 nitrogen and oxygen atoms in total. The first-order valence-electron chi connectivity index (χ1n) is 6.11. The highest BCUT2D eigenvalue weighted by Gasteiger charge is 2.16. The second-order valence-electron chi connectivity index (χ2n) is 4.66. The third-order valence-corrected chi connectivity index (χ3v) is 3.19. The van der Waals surface area contributed by atoms with E-state index < -0.39 is 5.91 Å². The van der Waals surface area contributed by atoms with Gasteiger partial charge in [-0.25, -0.2) is 0 Å². The molecule has 0 atom stereocenters. The molecule has 0 radical (unpaired) electrons. The topological polar surface area (TPSA) is 123 Å². The van der Waals surface area contributed by atoms with Crippen LogP contribution in [-0.2, 0) is 0 Å². The van der Waals surface area contributed by atoms with Gasteiger partial charge in [-0.2, -0.15) is 0 Å². The van der Waals surface area contributed by atoms with E-state index in [1.165, 1.54) is 18.2 Å². The number of amides is 1. The smallest absolute Gasteiger partial charge is 0.286 e. The Kier molecular flexibility index (Phi) is 2.72. The highest BCUT2D eigenvalue weighted by molar-refractivity contribution is 6.05. The molecule has 0 fully saturated rings. The van der Waals surface area contributed by atoms with Crippen LogP contribution in [0.4, 0.5) is 5.69 Å². The average Bonchev–Trinajstić information content (AvgIpc) is 2.75. The van der Waals surface area contributed by atoms with Gasteiger partial charge in [0, 0.05) is 11.5 Å². The van der Waals surface area contributed by atoms with Crippen molar-refractivity contribution in [3.05, 3.63) is 42.2 Å². The SMILES string of the molecule is NC(=O)c1oc2cc(-c3cc(O)cc(O)c3)ccc2c1N. The van der Waals surface area contributed by atoms with Crippen LogP contribution in [0.25, 0.3) is 22.1 Å². The van der Waals surface area contributed by atoms with Crippen molar-refractivity contribution in [2.75, 3.05) is 5.73 Å². The Morgan fingerprint density at radius 3 is 2.29 bits per heavy atom. The van der Waals surface area contributed by atoms with Gasteiger partial charge in [0.05, 0.1) is 5.69 Å². The molecule has 0 aliphatic rings. The summed E-state index contributed by atoms with van der Waals surface area (Å²) in [5, 5.41) is 19.6. The number of aromatic hydroxyl groups is 2. The molecule has 3 aromatic rings. The zero-order valence-electron chi connectivity index (χ0n) is 10.8. The summed E-state index contributed by atoms with van der Waals surface area (Å²) in [6.45, 7) is 0. The number of carbonyl (C=O) groups is 1. The van der Waals surface area contributed by atoms with Crippen molar-refractivity contribution in [2.45, 2.75) is 0 Å². The van der Waals surface area contributed by atoms with Crippen LogP contribution in [0.1, 0.15) is 10.6 Å². The number of fused-ring (bicyclic) bond motifs is 1. The quantitative estimate of drug-likeness (QED) is 0.574. The molecule has 0 spiro atoms. The third-order valence-electron chi connectivity index (χ3n) is 3.19. The molecule has 0 aliphatic carbocycles. The number of hydrogen-bond acceptors (Lipinski definition) is 5. The van der Waals surface area contributed by atoms with E-state index in [2.05, 4.69) is 0 Å². The second kappa shape index (κ2) is 4.45. The van der Waals surface area contributed by atoms with Crippen molar-refractivity contribution < 1.29 is 19.4 Å². The van der Waals surface area contributed by atoms with Crippen LogP contribution < -0.4 is 11.5 Å². The minimum atomic E-state index is -0.736. The molecule has 1 amide bonds. The number of hydrogen-bond donors (Lipinski definition) is 4. The van der Waals surface area contributed by atoms with Crippen LogP contribution in [0, 0.1) is 0 Å². The van der Waals surface area contributed by atoms with Gasteiger partial charge in [0.15, 0.2) is 0 Å². The zero-order chi connectivity index (χ0) is 15.1. The van der Waals surface area contributed by atoms with Crippen LogP contribution in [0.2, 0.25) is 0 Å². The second-order valence-corrected chi connectivity index (χ2v) is 4.66. The van der Waals surface area contributed by atoms with Crippen LogP contribution in [0.15, 0.2) is 40.8 Å². The lowest BCUT2D eigenvalue weighted by atomic mass is 10.0. The molecule has 106 valence electrons. The highest BCUT2D eigenvalue weighted by Crippen LogP contribution is 2.34. The van der Waals surface area contributed by atoms with Crippen molar-refractivity contribution >= 4 is 22.6 Å². The summed E-state index contributed by atoms with van der Waals surface area (Å²) >= 11 is 0. The monoisotopic (exact) mass is 284 g/mol. The van der Waals surface area contributed by atoms with Crippen molar-refractivity contribution in [3.63, 3.8) is 0 Å². The van der Waals surface area contributed by atoms with E-state index in [1.807, 2.05) is 0 Å². The molecule has 0 unspecified atom stereocenters. The minimum Gasteiger partial charge on any atom is -0.508 e. The maximum Gasteiger partial charge on any atom is 0.286 e. The van der Waals surface area contributed by atoms with E-state index in [-0.39, 0.29) is 22.9 Å². The van der Waals surface area contributed by atoms with Crippen LogP contribution in [-0.4, -0.2) is 16.1 Å². The van der Waals surface area contributed by atoms with E-state index >= 15 is 0 Å². The Morgan fingerprint density at radius 1 is 1.00 bits per heavy atom. The van der Waals surface area contributed by atoms with Gasteiger partial charge in [0.25, 0.3) is 5.91 Å². The number of anilines is 1. The summed E-state index contributed by atoms with van der Waals surface area (Å²) in [4.78, 5) is 11.2. The number of primary amides is 1. The van der Waals surface area contributed by atoms with Gasteiger partial charge in [0.2, 0.25) is 5.76 Å². The first kappa shape index (κ1) is 12.9. The van der Waals surface area contributed by atoms with Gasteiger partial charge in [-0.15, -0.1) is 0 Å². The fourth-order valence-electron chi connectivity index (χ4n) is 2.24. The molecule has 2 aromatic carbocycles. The largest absolute Gasteiger partial charge is 0.508 e. The summed E-state index contributed by atoms with van der Waals surface area (Å²) in [6.07, 6.45) is 0. The van der Waals surface area contributed by atoms with Gasteiger partial charge in [-0.1, -0.05) is 6.07 Å². The number of phenolic OH excluding ortho intramolecular Hbond substituents is 2. The molecule has 3 rings (SSSR count). The molecular weight excluding hydrogens is 272 g/mol. The lowest BCUT2D eigenvalue weighted by Gasteiger charge is -2.04. The number of furan rings is 1. The Morgan fingerprint density at radius 2 is 1.67 bits per heavy atom. The predicted octanol–water partition coefficient (Wildman–Crippen LogP) is 2.19. The highest BCUT2D eigenvalue weighted by atomic mass is 16.3. The van der Waals surface area contributed by atoms with Crippen LogP contribution in [0.3, 0.4) is 0 Å². The molecule has 1 heterocycles. The number of nitrogens with two attached hydrogens (primary N) is 2. The maximum absolute atomic E-state index is 11.2. The van der Waals surface area contributed by atoms with Crippen LogP contribution in [0.5, 0.6) is 11.5 Å². The van der Waals surface area contributed by atoms with Crippen molar-refractivity contribution in [1.82, 2.24) is 0 Å². The third kappa shape index (κ3) is 2.12. The molecule has 0 aliphatic heterocycles. The van der Waals surface area contributed by atoms with E-state index in [9.17, 15) is 15.0 Å². The first-order chi connectivity index (χ1) is 9.95. The maximum atomic E-state index is 11.2. The number of nitrogen functional groups attached to an aromatic ring is 1. The summed E-state index contributed by atoms with van der Waals surface area (Å²) < 4.78 is 5.36. The summed E-state index contributed by atoms with van der Waals surface area (Å²) in [5.74, 6) is -0.926. The van der Waals surface area contributed by atoms with Crippen molar-refractivity contribution in [2.24, 2.45) is 5.73 Å². The minimum absolute atomic E-state index is 0.0538. The van der Waals surface area contributed by atoms with Gasteiger partial charge >= 0.3 is 0 Å². The van der Waals surface area contributed by atoms with Crippen molar-refractivity contribution in [3.8, 4) is 22.6 Å². The normalized spacial score (nSPS) is 10.9. The number of benzene rings is 2. The standard InChI is InChI=1S/C15H12N2O4/c16-13-11-2-1-7(5-12(11)21-14(13)15(17)20)8-3-9(18)6-10(19)4-8/h1-6,18-19H,16H2,(H2,17,20). The number of carbonyl (C=O) groups excluding carboxylic acids is 1. The number of phenols is 2. The molecular formula is C15H12N2O4. The first-order valence-corrected chi connectivity index (χ1v) is 6.11. The summed E-state index contributed by atoms with van der Waals surface area (Å²) in [5.41, 5.74) is 12.9.